The highest BCUT2D eigenvalue weighted by molar-refractivity contribution is 5.94. The average molecular weight is 459 g/mol. The van der Waals surface area contributed by atoms with E-state index >= 15 is 0 Å². The molecule has 4 heteroatoms. The quantitative estimate of drug-likeness (QED) is 0.406. The minimum atomic E-state index is -0.640. The van der Waals surface area contributed by atoms with Gasteiger partial charge in [-0.25, -0.2) is 0 Å². The third-order valence-corrected chi connectivity index (χ3v) is 7.10. The Morgan fingerprint density at radius 1 is 0.818 bits per heavy atom. The number of Topliss-reactive ketones (excluding diaryl/α,β-unsaturated/α-hetero) is 2. The van der Waals surface area contributed by atoms with Gasteiger partial charge in [-0.1, -0.05) is 5.92 Å². The smallest absolute Gasteiger partial charge is 0.202 e. The molecule has 0 N–H and O–H groups in total. The minimum Gasteiger partial charge on any atom is -0.296 e. The van der Waals surface area contributed by atoms with E-state index < -0.39 is 16.2 Å². The molecule has 0 saturated carbocycles. The van der Waals surface area contributed by atoms with Gasteiger partial charge < -0.3 is 0 Å². The predicted molar refractivity (Wildman–Crippen MR) is 140 cm³/mol. The normalized spacial score (nSPS) is 27.6. The summed E-state index contributed by atoms with van der Waals surface area (Å²) in [6.07, 6.45) is 8.46. The molecule has 0 amide bonds. The third kappa shape index (κ3) is 6.58. The molecule has 0 radical (unpaired) electrons. The predicted octanol–water partition coefficient (Wildman–Crippen LogP) is 5.61. The van der Waals surface area contributed by atoms with Gasteiger partial charge in [0.05, 0.1) is 19.4 Å². The first-order valence-corrected chi connectivity index (χ1v) is 12.3. The molecule has 0 spiro atoms. The summed E-state index contributed by atoms with van der Waals surface area (Å²) in [4.78, 5) is 29.6. The molecule has 2 unspecified atom stereocenters. The molecule has 0 aromatic carbocycles. The van der Waals surface area contributed by atoms with Gasteiger partial charge in [-0.3, -0.25) is 19.4 Å². The van der Waals surface area contributed by atoms with Crippen molar-refractivity contribution in [2.24, 2.45) is 16.2 Å². The van der Waals surface area contributed by atoms with Crippen molar-refractivity contribution >= 4 is 11.6 Å². The molecule has 2 heterocycles. The van der Waals surface area contributed by atoms with Crippen LogP contribution in [0.1, 0.15) is 95.4 Å². The van der Waals surface area contributed by atoms with E-state index in [1.165, 1.54) is 0 Å². The highest BCUT2D eigenvalue weighted by atomic mass is 16.1. The van der Waals surface area contributed by atoms with Gasteiger partial charge in [-0.05, 0) is 102 Å². The van der Waals surface area contributed by atoms with Crippen LogP contribution in [-0.4, -0.2) is 57.6 Å². The molecule has 33 heavy (non-hydrogen) atoms. The number of nitrogens with zero attached hydrogens (tertiary/aromatic N) is 2. The van der Waals surface area contributed by atoms with Gasteiger partial charge in [0.1, 0.15) is 5.41 Å². The van der Waals surface area contributed by atoms with Crippen molar-refractivity contribution in [3.8, 4) is 12.3 Å². The number of ketones is 2. The second-order valence-corrected chi connectivity index (χ2v) is 13.7. The first-order chi connectivity index (χ1) is 14.5. The van der Waals surface area contributed by atoms with Gasteiger partial charge in [-0.2, -0.15) is 0 Å². The van der Waals surface area contributed by atoms with E-state index in [0.717, 1.165) is 32.4 Å². The van der Waals surface area contributed by atoms with E-state index in [2.05, 4.69) is 78.0 Å². The Hall–Kier alpha value is -1.44. The number of likely N-dealkylation sites (tertiary alicyclic amines) is 2. The van der Waals surface area contributed by atoms with Crippen LogP contribution in [0.25, 0.3) is 0 Å². The molecule has 0 aromatic heterocycles. The summed E-state index contributed by atoms with van der Waals surface area (Å²) in [5.74, 6) is 3.12. The second kappa shape index (κ2) is 9.31. The maximum Gasteiger partial charge on any atom is 0.202 e. The van der Waals surface area contributed by atoms with E-state index in [1.54, 1.807) is 0 Å². The van der Waals surface area contributed by atoms with E-state index in [1.807, 2.05) is 27.7 Å². The fourth-order valence-electron chi connectivity index (χ4n) is 5.40. The van der Waals surface area contributed by atoms with Gasteiger partial charge in [0.25, 0.3) is 0 Å². The molecule has 0 aromatic rings. The Labute approximate surface area is 205 Å². The maximum absolute atomic E-state index is 12.5. The van der Waals surface area contributed by atoms with Crippen molar-refractivity contribution in [2.45, 2.75) is 112 Å². The third-order valence-electron chi connectivity index (χ3n) is 7.10. The molecule has 4 nitrogen and oxygen atoms in total. The number of hydrogen-bond acceptors (Lipinski definition) is 4. The standard InChI is InChI=1S/C15H24NO.C14H26NO/c1-8-15(12(17)13(2,3)4)9-10-16(11-15)14(5,6)7;1-12(2,3)11(16)14(7)9-8-10-15(14)13(4,5)6/h1H,2,9-11H2,3-7H3;1,8-10H2,2-7H3/q2*+1. The number of terminal acetylenes is 1. The molecule has 2 atom stereocenters. The Balaban J connectivity index is 0.000000331. The summed E-state index contributed by atoms with van der Waals surface area (Å²) < 4.78 is 0. The topological polar surface area (TPSA) is 40.6 Å². The molecule has 2 fully saturated rings. The highest BCUT2D eigenvalue weighted by Crippen LogP contribution is 2.40. The largest absolute Gasteiger partial charge is 0.296 e. The van der Waals surface area contributed by atoms with Gasteiger partial charge in [0.2, 0.25) is 11.6 Å². The van der Waals surface area contributed by atoms with Crippen LogP contribution < -0.4 is 0 Å². The molecule has 2 aliphatic heterocycles. The highest BCUT2D eigenvalue weighted by Gasteiger charge is 2.53. The first kappa shape index (κ1) is 29.6. The Morgan fingerprint density at radius 2 is 1.30 bits per heavy atom. The summed E-state index contributed by atoms with van der Waals surface area (Å²) >= 11 is 0. The van der Waals surface area contributed by atoms with Crippen LogP contribution in [0, 0.1) is 42.4 Å². The van der Waals surface area contributed by atoms with Crippen LogP contribution in [0.3, 0.4) is 0 Å². The summed E-state index contributed by atoms with van der Waals surface area (Å²) in [6, 6.07) is 0. The molecule has 2 aliphatic rings. The molecular weight excluding hydrogens is 408 g/mol. The molecule has 0 bridgehead atoms. The zero-order chi connectivity index (χ0) is 26.3. The monoisotopic (exact) mass is 458 g/mol. The van der Waals surface area contributed by atoms with Crippen molar-refractivity contribution in [1.29, 1.82) is 0 Å². The van der Waals surface area contributed by atoms with Crippen molar-refractivity contribution in [3.63, 3.8) is 0 Å². The number of rotatable bonds is 4. The fraction of sp³-hybridized carbons (Fsp3) is 0.793. The lowest BCUT2D eigenvalue weighted by Gasteiger charge is -2.44. The zero-order valence-corrected chi connectivity index (χ0v) is 23.4. The Bertz CT molecular complexity index is 764. The average Bonchev–Trinajstić information content (AvgIpc) is 3.24. The minimum absolute atomic E-state index is 0.0478. The summed E-state index contributed by atoms with van der Waals surface area (Å²) in [7, 11) is 0. The summed E-state index contributed by atoms with van der Waals surface area (Å²) in [5.41, 5.74) is -1.97. The van der Waals surface area contributed by atoms with E-state index in [0.29, 0.717) is 6.54 Å². The molecule has 2 saturated heterocycles. The van der Waals surface area contributed by atoms with Crippen molar-refractivity contribution in [3.05, 3.63) is 13.8 Å². The van der Waals surface area contributed by atoms with Crippen molar-refractivity contribution in [2.75, 3.05) is 19.6 Å². The molecule has 0 aliphatic carbocycles. The van der Waals surface area contributed by atoms with Crippen LogP contribution in [-0.2, 0) is 9.59 Å². The SMILES string of the molecule is C#CC1(C(=O)C([CH2+])(C)C)CCN(C(C)(C)C)C1.[CH2+]C(C)(C)C(=O)C1(C)CCCN1C(C)(C)C. The molecule has 2 rings (SSSR count). The second-order valence-electron chi connectivity index (χ2n) is 13.7. The maximum atomic E-state index is 12.5. The lowest BCUT2D eigenvalue weighted by molar-refractivity contribution is -0.138. The zero-order valence-electron chi connectivity index (χ0n) is 23.4. The summed E-state index contributed by atoms with van der Waals surface area (Å²) in [6.45, 7) is 33.1. The van der Waals surface area contributed by atoms with E-state index in [9.17, 15) is 9.59 Å². The van der Waals surface area contributed by atoms with Gasteiger partial charge in [-0.15, -0.1) is 6.42 Å². The molecular formula is C29H50N2O2+2. The molecule has 186 valence electrons. The number of carbonyl (C=O) groups is 2. The number of hydrogen-bond donors (Lipinski definition) is 0. The Kier molecular flexibility index (Phi) is 8.35. The van der Waals surface area contributed by atoms with Crippen LogP contribution >= 0.6 is 0 Å². The van der Waals surface area contributed by atoms with Crippen molar-refractivity contribution < 1.29 is 9.59 Å². The lowest BCUT2D eigenvalue weighted by atomic mass is 9.72. The lowest BCUT2D eigenvalue weighted by Crippen LogP contribution is -2.58. The fourth-order valence-corrected chi connectivity index (χ4v) is 5.40. The van der Waals surface area contributed by atoms with Crippen LogP contribution in [0.15, 0.2) is 0 Å². The Morgan fingerprint density at radius 3 is 1.64 bits per heavy atom. The van der Waals surface area contributed by atoms with Crippen molar-refractivity contribution in [1.82, 2.24) is 9.80 Å². The number of carbonyl (C=O) groups excluding carboxylic acids is 2. The van der Waals surface area contributed by atoms with Gasteiger partial charge in [0.15, 0.2) is 10.8 Å². The first-order valence-electron chi connectivity index (χ1n) is 12.3. The van der Waals surface area contributed by atoms with E-state index in [-0.39, 0.29) is 28.2 Å². The summed E-state index contributed by atoms with van der Waals surface area (Å²) in [5, 5.41) is 0. The van der Waals surface area contributed by atoms with Gasteiger partial charge >= 0.3 is 0 Å². The van der Waals surface area contributed by atoms with Crippen LogP contribution in [0.5, 0.6) is 0 Å². The van der Waals surface area contributed by atoms with Crippen LogP contribution in [0.4, 0.5) is 0 Å². The van der Waals surface area contributed by atoms with Crippen LogP contribution in [0.2, 0.25) is 0 Å². The van der Waals surface area contributed by atoms with Gasteiger partial charge in [0, 0.05) is 24.2 Å². The van der Waals surface area contributed by atoms with E-state index in [4.69, 9.17) is 6.42 Å².